The van der Waals surface area contributed by atoms with Gasteiger partial charge in [0.1, 0.15) is 5.75 Å². The smallest absolute Gasteiger partial charge is 0.338 e. The van der Waals surface area contributed by atoms with Gasteiger partial charge in [-0.25, -0.2) is 9.59 Å². The first kappa shape index (κ1) is 24.9. The maximum Gasteiger partial charge on any atom is 0.338 e. The van der Waals surface area contributed by atoms with Crippen molar-refractivity contribution in [3.8, 4) is 5.75 Å². The highest BCUT2D eigenvalue weighted by atomic mass is 16.5. The highest BCUT2D eigenvalue weighted by molar-refractivity contribution is 6.04. The summed E-state index contributed by atoms with van der Waals surface area (Å²) in [6, 6.07) is 24.4. The topological polar surface area (TPSA) is 79.9 Å². The molecule has 2 N–H and O–H groups in total. The third kappa shape index (κ3) is 5.51. The number of nitrogens with one attached hydrogen (secondary N) is 2. The van der Waals surface area contributed by atoms with Gasteiger partial charge in [0.2, 0.25) is 0 Å². The van der Waals surface area contributed by atoms with Gasteiger partial charge < -0.3 is 25.0 Å². The van der Waals surface area contributed by atoms with E-state index in [4.69, 9.17) is 9.47 Å². The number of esters is 1. The Hall–Kier alpha value is -4.26. The third-order valence-electron chi connectivity index (χ3n) is 6.14. The number of anilines is 1. The van der Waals surface area contributed by atoms with Crippen molar-refractivity contribution in [2.45, 2.75) is 26.4 Å². The van der Waals surface area contributed by atoms with E-state index in [1.165, 1.54) is 5.56 Å². The predicted molar refractivity (Wildman–Crippen MR) is 141 cm³/mol. The number of carbonyl (C=O) groups excluding carboxylic acids is 2. The fourth-order valence-electron chi connectivity index (χ4n) is 4.30. The van der Waals surface area contributed by atoms with Crippen LogP contribution in [0.3, 0.4) is 0 Å². The third-order valence-corrected chi connectivity index (χ3v) is 6.14. The SMILES string of the molecule is CCOC(=O)C1=C(c2ccc(OC)cc2)NC(=O)NC1c1ccc(N(CC)Cc2ccccc2)cc1. The monoisotopic (exact) mass is 485 g/mol. The van der Waals surface area contributed by atoms with Gasteiger partial charge in [-0.05, 0) is 66.9 Å². The van der Waals surface area contributed by atoms with Crippen molar-refractivity contribution in [1.82, 2.24) is 10.6 Å². The summed E-state index contributed by atoms with van der Waals surface area (Å²) >= 11 is 0. The summed E-state index contributed by atoms with van der Waals surface area (Å²) in [5.74, 6) is 0.199. The molecule has 0 saturated heterocycles. The number of methoxy groups -OCH3 is 1. The molecule has 2 amide bonds. The van der Waals surface area contributed by atoms with Crippen LogP contribution in [-0.2, 0) is 16.1 Å². The maximum atomic E-state index is 13.1. The number of rotatable bonds is 9. The van der Waals surface area contributed by atoms with Crippen molar-refractivity contribution in [3.63, 3.8) is 0 Å². The molecular weight excluding hydrogens is 454 g/mol. The van der Waals surface area contributed by atoms with E-state index in [1.54, 1.807) is 26.2 Å². The normalized spacial score (nSPS) is 15.1. The number of hydrogen-bond donors (Lipinski definition) is 2. The Bertz CT molecular complexity index is 1220. The van der Waals surface area contributed by atoms with Crippen LogP contribution < -0.4 is 20.3 Å². The molecule has 186 valence electrons. The standard InChI is InChI=1S/C29H31N3O4/c1-4-32(19-20-9-7-6-8-10-20)23-15-11-21(12-16-23)26-25(28(33)36-5-2)27(31-29(34)30-26)22-13-17-24(35-3)18-14-22/h6-18,26H,4-5,19H2,1-3H3,(H2,30,31,34). The highest BCUT2D eigenvalue weighted by Gasteiger charge is 2.34. The molecule has 0 radical (unpaired) electrons. The first-order valence-electron chi connectivity index (χ1n) is 12.1. The number of ether oxygens (including phenoxy) is 2. The molecule has 36 heavy (non-hydrogen) atoms. The second-order valence-electron chi connectivity index (χ2n) is 8.36. The van der Waals surface area contributed by atoms with Crippen molar-refractivity contribution in [2.75, 3.05) is 25.2 Å². The Labute approximate surface area is 211 Å². The maximum absolute atomic E-state index is 13.1. The number of urea groups is 1. The Kier molecular flexibility index (Phi) is 7.90. The molecule has 0 aromatic heterocycles. The summed E-state index contributed by atoms with van der Waals surface area (Å²) in [6.45, 7) is 5.73. The van der Waals surface area contributed by atoms with Crippen LogP contribution in [0.2, 0.25) is 0 Å². The van der Waals surface area contributed by atoms with E-state index in [0.29, 0.717) is 22.6 Å². The average molecular weight is 486 g/mol. The van der Waals surface area contributed by atoms with Crippen molar-refractivity contribution in [2.24, 2.45) is 0 Å². The number of carbonyl (C=O) groups is 2. The zero-order valence-corrected chi connectivity index (χ0v) is 20.8. The van der Waals surface area contributed by atoms with Gasteiger partial charge in [-0.3, -0.25) is 0 Å². The Morgan fingerprint density at radius 1 is 0.944 bits per heavy atom. The average Bonchev–Trinajstić information content (AvgIpc) is 2.92. The minimum absolute atomic E-state index is 0.225. The minimum atomic E-state index is -0.659. The van der Waals surface area contributed by atoms with Gasteiger partial charge in [0.05, 0.1) is 31.0 Å². The molecule has 3 aromatic carbocycles. The first-order chi connectivity index (χ1) is 17.5. The zero-order chi connectivity index (χ0) is 25.5. The van der Waals surface area contributed by atoms with E-state index in [-0.39, 0.29) is 12.6 Å². The molecule has 1 atom stereocenters. The van der Waals surface area contributed by atoms with Crippen LogP contribution in [0.25, 0.3) is 5.70 Å². The van der Waals surface area contributed by atoms with E-state index in [0.717, 1.165) is 24.3 Å². The van der Waals surface area contributed by atoms with Gasteiger partial charge in [0.15, 0.2) is 0 Å². The van der Waals surface area contributed by atoms with Gasteiger partial charge in [0, 0.05) is 18.8 Å². The van der Waals surface area contributed by atoms with Crippen molar-refractivity contribution in [1.29, 1.82) is 0 Å². The number of hydrogen-bond acceptors (Lipinski definition) is 5. The number of benzene rings is 3. The molecule has 7 heteroatoms. The van der Waals surface area contributed by atoms with E-state index >= 15 is 0 Å². The Morgan fingerprint density at radius 2 is 1.64 bits per heavy atom. The van der Waals surface area contributed by atoms with E-state index < -0.39 is 12.0 Å². The molecule has 1 unspecified atom stereocenters. The lowest BCUT2D eigenvalue weighted by molar-refractivity contribution is -0.138. The minimum Gasteiger partial charge on any atom is -0.497 e. The van der Waals surface area contributed by atoms with Crippen molar-refractivity contribution >= 4 is 23.4 Å². The van der Waals surface area contributed by atoms with Crippen LogP contribution in [0.15, 0.2) is 84.4 Å². The number of nitrogens with zero attached hydrogens (tertiary/aromatic N) is 1. The molecule has 0 aliphatic carbocycles. The van der Waals surface area contributed by atoms with Gasteiger partial charge in [0.25, 0.3) is 0 Å². The second kappa shape index (κ2) is 11.4. The van der Waals surface area contributed by atoms with Gasteiger partial charge >= 0.3 is 12.0 Å². The molecule has 1 aliphatic heterocycles. The van der Waals surface area contributed by atoms with E-state index in [1.807, 2.05) is 54.6 Å². The Balaban J connectivity index is 1.69. The van der Waals surface area contributed by atoms with Crippen molar-refractivity contribution < 1.29 is 19.1 Å². The molecule has 0 saturated carbocycles. The largest absolute Gasteiger partial charge is 0.497 e. The molecule has 1 aliphatic rings. The molecule has 3 aromatic rings. The van der Waals surface area contributed by atoms with E-state index in [2.05, 4.69) is 34.6 Å². The predicted octanol–water partition coefficient (Wildman–Crippen LogP) is 5.05. The lowest BCUT2D eigenvalue weighted by Gasteiger charge is -2.30. The molecule has 1 heterocycles. The van der Waals surface area contributed by atoms with Crippen LogP contribution in [0.4, 0.5) is 10.5 Å². The Morgan fingerprint density at radius 3 is 2.25 bits per heavy atom. The summed E-state index contributed by atoms with van der Waals surface area (Å²) in [5.41, 5.74) is 4.54. The van der Waals surface area contributed by atoms with Crippen molar-refractivity contribution in [3.05, 3.63) is 101 Å². The van der Waals surface area contributed by atoms with Crippen LogP contribution in [0.1, 0.15) is 36.6 Å². The molecule has 7 nitrogen and oxygen atoms in total. The molecule has 0 fully saturated rings. The summed E-state index contributed by atoms with van der Waals surface area (Å²) < 4.78 is 10.6. The van der Waals surface area contributed by atoms with Gasteiger partial charge in [-0.1, -0.05) is 42.5 Å². The molecular formula is C29H31N3O4. The number of amides is 2. The highest BCUT2D eigenvalue weighted by Crippen LogP contribution is 2.33. The summed E-state index contributed by atoms with van der Waals surface area (Å²) in [6.07, 6.45) is 0. The molecule has 0 bridgehead atoms. The van der Waals surface area contributed by atoms with Crippen LogP contribution in [0, 0.1) is 0 Å². The van der Waals surface area contributed by atoms with Gasteiger partial charge in [-0.15, -0.1) is 0 Å². The summed E-state index contributed by atoms with van der Waals surface area (Å²) in [5, 5.41) is 5.70. The first-order valence-corrected chi connectivity index (χ1v) is 12.1. The lowest BCUT2D eigenvalue weighted by atomic mass is 9.92. The molecule has 4 rings (SSSR count). The quantitative estimate of drug-likeness (QED) is 0.415. The summed E-state index contributed by atoms with van der Waals surface area (Å²) in [4.78, 5) is 28.0. The van der Waals surface area contributed by atoms with Crippen LogP contribution >= 0.6 is 0 Å². The second-order valence-corrected chi connectivity index (χ2v) is 8.36. The van der Waals surface area contributed by atoms with E-state index in [9.17, 15) is 9.59 Å². The summed E-state index contributed by atoms with van der Waals surface area (Å²) in [7, 11) is 1.59. The van der Waals surface area contributed by atoms with Gasteiger partial charge in [-0.2, -0.15) is 0 Å². The zero-order valence-electron chi connectivity index (χ0n) is 20.8. The fourth-order valence-corrected chi connectivity index (χ4v) is 4.30. The lowest BCUT2D eigenvalue weighted by Crippen LogP contribution is -2.45. The fraction of sp³-hybridized carbons (Fsp3) is 0.241. The van der Waals surface area contributed by atoms with Crippen LogP contribution in [-0.4, -0.2) is 32.3 Å². The molecule has 0 spiro atoms. The van der Waals surface area contributed by atoms with Crippen LogP contribution in [0.5, 0.6) is 5.75 Å².